The van der Waals surface area contributed by atoms with Gasteiger partial charge in [0.25, 0.3) is 0 Å². The van der Waals surface area contributed by atoms with Crippen LogP contribution in [-0.4, -0.2) is 26.3 Å². The number of hydrogen-bond acceptors (Lipinski definition) is 3. The predicted molar refractivity (Wildman–Crippen MR) is 73.1 cm³/mol. The molecule has 0 spiro atoms. The van der Waals surface area contributed by atoms with E-state index < -0.39 is 0 Å². The molecule has 2 rings (SSSR count). The molecule has 0 bridgehead atoms. The van der Waals surface area contributed by atoms with Crippen LogP contribution < -0.4 is 10.1 Å². The van der Waals surface area contributed by atoms with Crippen LogP contribution in [-0.2, 0) is 4.74 Å². The number of benzene rings is 1. The predicted octanol–water partition coefficient (Wildman–Crippen LogP) is 2.83. The van der Waals surface area contributed by atoms with E-state index in [9.17, 15) is 0 Å². The summed E-state index contributed by atoms with van der Waals surface area (Å²) in [6, 6.07) is 6.26. The molecule has 2 unspecified atom stereocenters. The largest absolute Gasteiger partial charge is 0.496 e. The number of hydrogen-bond donors (Lipinski definition) is 1. The summed E-state index contributed by atoms with van der Waals surface area (Å²) in [7, 11) is 1.72. The Kier molecular flexibility index (Phi) is 4.61. The van der Waals surface area contributed by atoms with Crippen LogP contribution in [0, 0.1) is 6.92 Å². The number of morpholine rings is 1. The summed E-state index contributed by atoms with van der Waals surface area (Å²) in [5, 5.41) is 3.46. The first kappa shape index (κ1) is 13.4. The van der Waals surface area contributed by atoms with Gasteiger partial charge in [0, 0.05) is 18.7 Å². The maximum Gasteiger partial charge on any atom is 0.124 e. The number of methoxy groups -OCH3 is 1. The first-order chi connectivity index (χ1) is 8.74. The molecule has 0 aliphatic carbocycles. The zero-order valence-electron chi connectivity index (χ0n) is 11.5. The molecule has 3 nitrogen and oxygen atoms in total. The summed E-state index contributed by atoms with van der Waals surface area (Å²) in [5.74, 6) is 0.921. The van der Waals surface area contributed by atoms with Crippen LogP contribution in [0.15, 0.2) is 18.2 Å². The third kappa shape index (κ3) is 3.03. The summed E-state index contributed by atoms with van der Waals surface area (Å²) >= 11 is 0. The van der Waals surface area contributed by atoms with Gasteiger partial charge in [-0.15, -0.1) is 0 Å². The highest BCUT2D eigenvalue weighted by Gasteiger charge is 2.25. The average molecular weight is 249 g/mol. The Morgan fingerprint density at radius 3 is 2.94 bits per heavy atom. The molecule has 0 radical (unpaired) electrons. The fourth-order valence-electron chi connectivity index (χ4n) is 2.48. The van der Waals surface area contributed by atoms with E-state index in [0.717, 1.165) is 37.2 Å². The van der Waals surface area contributed by atoms with Gasteiger partial charge in [0.05, 0.1) is 19.3 Å². The van der Waals surface area contributed by atoms with Gasteiger partial charge >= 0.3 is 0 Å². The average Bonchev–Trinajstić information content (AvgIpc) is 2.39. The molecule has 1 saturated heterocycles. The Morgan fingerprint density at radius 2 is 2.22 bits per heavy atom. The SMILES string of the molecule is CCCC1CNCC(c2cc(C)ccc2OC)O1. The van der Waals surface area contributed by atoms with Crippen molar-refractivity contribution in [3.05, 3.63) is 29.3 Å². The highest BCUT2D eigenvalue weighted by Crippen LogP contribution is 2.31. The zero-order chi connectivity index (χ0) is 13.0. The van der Waals surface area contributed by atoms with E-state index in [0.29, 0.717) is 6.10 Å². The highest BCUT2D eigenvalue weighted by molar-refractivity contribution is 5.38. The van der Waals surface area contributed by atoms with E-state index >= 15 is 0 Å². The maximum atomic E-state index is 6.17. The molecule has 0 saturated carbocycles. The first-order valence-corrected chi connectivity index (χ1v) is 6.75. The molecule has 3 heteroatoms. The quantitative estimate of drug-likeness (QED) is 0.890. The van der Waals surface area contributed by atoms with Crippen molar-refractivity contribution in [2.75, 3.05) is 20.2 Å². The van der Waals surface area contributed by atoms with Gasteiger partial charge in [-0.1, -0.05) is 25.0 Å². The molecule has 1 aliphatic heterocycles. The van der Waals surface area contributed by atoms with Crippen molar-refractivity contribution in [2.24, 2.45) is 0 Å². The minimum Gasteiger partial charge on any atom is -0.496 e. The Bertz CT molecular complexity index is 390. The highest BCUT2D eigenvalue weighted by atomic mass is 16.5. The summed E-state index contributed by atoms with van der Waals surface area (Å²) in [5.41, 5.74) is 2.40. The summed E-state index contributed by atoms with van der Waals surface area (Å²) in [6.07, 6.45) is 2.69. The smallest absolute Gasteiger partial charge is 0.124 e. The molecule has 1 fully saturated rings. The van der Waals surface area contributed by atoms with E-state index in [1.165, 1.54) is 5.56 Å². The third-order valence-corrected chi connectivity index (χ3v) is 3.40. The molecule has 1 N–H and O–H groups in total. The standard InChI is InChI=1S/C15H23NO2/c1-4-5-12-9-16-10-15(18-12)13-8-11(2)6-7-14(13)17-3/h6-8,12,15-16H,4-5,9-10H2,1-3H3. The molecule has 1 aromatic rings. The van der Waals surface area contributed by atoms with Crippen molar-refractivity contribution in [3.8, 4) is 5.75 Å². The van der Waals surface area contributed by atoms with Gasteiger partial charge in [0.2, 0.25) is 0 Å². The molecule has 100 valence electrons. The van der Waals surface area contributed by atoms with Crippen LogP contribution in [0.4, 0.5) is 0 Å². The van der Waals surface area contributed by atoms with Gasteiger partial charge < -0.3 is 14.8 Å². The van der Waals surface area contributed by atoms with Gasteiger partial charge in [-0.25, -0.2) is 0 Å². The lowest BCUT2D eigenvalue weighted by molar-refractivity contribution is -0.0433. The second kappa shape index (κ2) is 6.21. The van der Waals surface area contributed by atoms with E-state index in [-0.39, 0.29) is 6.10 Å². The van der Waals surface area contributed by atoms with Crippen LogP contribution in [0.2, 0.25) is 0 Å². The van der Waals surface area contributed by atoms with Crippen molar-refractivity contribution < 1.29 is 9.47 Å². The van der Waals surface area contributed by atoms with Crippen molar-refractivity contribution in [1.82, 2.24) is 5.32 Å². The lowest BCUT2D eigenvalue weighted by Crippen LogP contribution is -2.40. The summed E-state index contributed by atoms with van der Waals surface area (Å²) < 4.78 is 11.6. The van der Waals surface area contributed by atoms with Gasteiger partial charge in [0.15, 0.2) is 0 Å². The van der Waals surface area contributed by atoms with Gasteiger partial charge in [-0.2, -0.15) is 0 Å². The molecule has 0 aromatic heterocycles. The van der Waals surface area contributed by atoms with E-state index in [4.69, 9.17) is 9.47 Å². The molecule has 18 heavy (non-hydrogen) atoms. The topological polar surface area (TPSA) is 30.5 Å². The molecule has 1 aliphatic rings. The van der Waals surface area contributed by atoms with Crippen molar-refractivity contribution in [1.29, 1.82) is 0 Å². The molecule has 1 aromatic carbocycles. The molecular formula is C15H23NO2. The fourth-order valence-corrected chi connectivity index (χ4v) is 2.48. The lowest BCUT2D eigenvalue weighted by atomic mass is 10.0. The number of ether oxygens (including phenoxy) is 2. The van der Waals surface area contributed by atoms with E-state index in [2.05, 4.69) is 31.3 Å². The van der Waals surface area contributed by atoms with Gasteiger partial charge in [0.1, 0.15) is 5.75 Å². The van der Waals surface area contributed by atoms with E-state index in [1.54, 1.807) is 7.11 Å². The molecule has 2 atom stereocenters. The van der Waals surface area contributed by atoms with Crippen LogP contribution in [0.5, 0.6) is 5.75 Å². The van der Waals surface area contributed by atoms with Crippen LogP contribution in [0.1, 0.15) is 37.0 Å². The second-order valence-electron chi connectivity index (χ2n) is 4.94. The second-order valence-corrected chi connectivity index (χ2v) is 4.94. The fraction of sp³-hybridized carbons (Fsp3) is 0.600. The van der Waals surface area contributed by atoms with E-state index in [1.807, 2.05) is 6.07 Å². The minimum atomic E-state index is 0.102. The Hall–Kier alpha value is -1.06. The minimum absolute atomic E-state index is 0.102. The summed E-state index contributed by atoms with van der Waals surface area (Å²) in [6.45, 7) is 6.11. The molecule has 0 amide bonds. The van der Waals surface area contributed by atoms with Gasteiger partial charge in [-0.05, 0) is 25.5 Å². The van der Waals surface area contributed by atoms with Crippen LogP contribution in [0.25, 0.3) is 0 Å². The van der Waals surface area contributed by atoms with Crippen molar-refractivity contribution >= 4 is 0 Å². The maximum absolute atomic E-state index is 6.17. The lowest BCUT2D eigenvalue weighted by Gasteiger charge is -2.32. The number of aryl methyl sites for hydroxylation is 1. The monoisotopic (exact) mass is 249 g/mol. The van der Waals surface area contributed by atoms with Crippen molar-refractivity contribution in [2.45, 2.75) is 38.9 Å². The molecular weight excluding hydrogens is 226 g/mol. The number of nitrogens with one attached hydrogen (secondary N) is 1. The van der Waals surface area contributed by atoms with Crippen molar-refractivity contribution in [3.63, 3.8) is 0 Å². The first-order valence-electron chi connectivity index (χ1n) is 6.75. The molecule has 1 heterocycles. The zero-order valence-corrected chi connectivity index (χ0v) is 11.5. The van der Waals surface area contributed by atoms with Gasteiger partial charge in [-0.3, -0.25) is 0 Å². The Balaban J connectivity index is 2.17. The normalized spacial score (nSPS) is 23.9. The van der Waals surface area contributed by atoms with Crippen LogP contribution in [0.3, 0.4) is 0 Å². The van der Waals surface area contributed by atoms with Crippen LogP contribution >= 0.6 is 0 Å². The Labute approximate surface area is 109 Å². The summed E-state index contributed by atoms with van der Waals surface area (Å²) in [4.78, 5) is 0. The third-order valence-electron chi connectivity index (χ3n) is 3.40. The Morgan fingerprint density at radius 1 is 1.39 bits per heavy atom. The number of rotatable bonds is 4.